The van der Waals surface area contributed by atoms with Crippen LogP contribution in [0.2, 0.25) is 0 Å². The molecule has 0 aliphatic rings. The average molecular weight is 221 g/mol. The summed E-state index contributed by atoms with van der Waals surface area (Å²) in [6.07, 6.45) is 1.82. The van der Waals surface area contributed by atoms with Crippen LogP contribution >= 0.6 is 0 Å². The highest BCUT2D eigenvalue weighted by atomic mass is 16.5. The summed E-state index contributed by atoms with van der Waals surface area (Å²) in [5.74, 6) is 1.07. The number of phenolic OH excluding ortho intramolecular Hbond substituents is 1. The molecule has 1 unspecified atom stereocenters. The minimum atomic E-state index is 0.218. The van der Waals surface area contributed by atoms with Gasteiger partial charge in [0.05, 0.1) is 6.61 Å². The Labute approximate surface area is 96.8 Å². The first-order chi connectivity index (χ1) is 7.67. The van der Waals surface area contributed by atoms with Crippen molar-refractivity contribution in [3.63, 3.8) is 0 Å². The van der Waals surface area contributed by atoms with Crippen molar-refractivity contribution in [3.8, 4) is 11.5 Å². The first-order valence-electron chi connectivity index (χ1n) is 5.48. The van der Waals surface area contributed by atoms with Gasteiger partial charge in [0, 0.05) is 18.2 Å². The molecule has 1 rings (SSSR count). The molecule has 1 atom stereocenters. The van der Waals surface area contributed by atoms with E-state index in [0.29, 0.717) is 13.2 Å². The molecule has 0 bridgehead atoms. The number of aromatic hydroxyl groups is 1. The van der Waals surface area contributed by atoms with Crippen molar-refractivity contribution in [1.29, 1.82) is 0 Å². The van der Waals surface area contributed by atoms with Crippen LogP contribution in [0.25, 0.3) is 0 Å². The SMILES string of the molecule is C=CC(C)NCc1cc(OCC)ccc1O. The lowest BCUT2D eigenvalue weighted by atomic mass is 10.1. The molecule has 0 saturated heterocycles. The maximum absolute atomic E-state index is 9.67. The minimum Gasteiger partial charge on any atom is -0.508 e. The van der Waals surface area contributed by atoms with E-state index in [0.717, 1.165) is 11.3 Å². The molecule has 1 aromatic carbocycles. The third-order valence-electron chi connectivity index (χ3n) is 2.33. The molecule has 0 aromatic heterocycles. The Hall–Kier alpha value is -1.48. The second-order valence-electron chi connectivity index (χ2n) is 3.63. The lowest BCUT2D eigenvalue weighted by molar-refractivity contribution is 0.338. The van der Waals surface area contributed by atoms with E-state index in [1.807, 2.05) is 26.0 Å². The van der Waals surface area contributed by atoms with E-state index < -0.39 is 0 Å². The Kier molecular flexibility index (Phi) is 4.86. The number of ether oxygens (including phenoxy) is 1. The second-order valence-corrected chi connectivity index (χ2v) is 3.63. The van der Waals surface area contributed by atoms with E-state index in [1.165, 1.54) is 0 Å². The maximum atomic E-state index is 9.67. The van der Waals surface area contributed by atoms with Crippen molar-refractivity contribution in [3.05, 3.63) is 36.4 Å². The number of rotatable bonds is 6. The summed E-state index contributed by atoms with van der Waals surface area (Å²) < 4.78 is 5.38. The molecule has 0 heterocycles. The molecule has 0 radical (unpaired) electrons. The van der Waals surface area contributed by atoms with Gasteiger partial charge >= 0.3 is 0 Å². The fraction of sp³-hybridized carbons (Fsp3) is 0.385. The quantitative estimate of drug-likeness (QED) is 0.725. The molecule has 0 aliphatic heterocycles. The van der Waals surface area contributed by atoms with Gasteiger partial charge in [-0.05, 0) is 32.0 Å². The zero-order valence-electron chi connectivity index (χ0n) is 9.86. The normalized spacial score (nSPS) is 12.1. The Morgan fingerprint density at radius 1 is 1.56 bits per heavy atom. The monoisotopic (exact) mass is 221 g/mol. The molecule has 0 amide bonds. The van der Waals surface area contributed by atoms with Crippen molar-refractivity contribution < 1.29 is 9.84 Å². The largest absolute Gasteiger partial charge is 0.508 e. The van der Waals surface area contributed by atoms with Gasteiger partial charge in [0.2, 0.25) is 0 Å². The molecule has 3 heteroatoms. The minimum absolute atomic E-state index is 0.218. The summed E-state index contributed by atoms with van der Waals surface area (Å²) in [6.45, 7) is 8.86. The van der Waals surface area contributed by atoms with Gasteiger partial charge in [-0.15, -0.1) is 6.58 Å². The number of hydrogen-bond acceptors (Lipinski definition) is 3. The Morgan fingerprint density at radius 2 is 2.31 bits per heavy atom. The predicted octanol–water partition coefficient (Wildman–Crippen LogP) is 2.46. The number of benzene rings is 1. The highest BCUT2D eigenvalue weighted by Crippen LogP contribution is 2.22. The zero-order valence-corrected chi connectivity index (χ0v) is 9.86. The van der Waals surface area contributed by atoms with Gasteiger partial charge in [0.25, 0.3) is 0 Å². The second kappa shape index (κ2) is 6.18. The highest BCUT2D eigenvalue weighted by Gasteiger charge is 2.04. The summed E-state index contributed by atoms with van der Waals surface area (Å²) in [7, 11) is 0. The van der Waals surface area contributed by atoms with Crippen LogP contribution in [0, 0.1) is 0 Å². The summed E-state index contributed by atoms with van der Waals surface area (Å²) in [4.78, 5) is 0. The topological polar surface area (TPSA) is 41.5 Å². The summed E-state index contributed by atoms with van der Waals surface area (Å²) in [5, 5.41) is 12.9. The van der Waals surface area contributed by atoms with Crippen LogP contribution in [-0.4, -0.2) is 17.8 Å². The van der Waals surface area contributed by atoms with Crippen molar-refractivity contribution in [1.82, 2.24) is 5.32 Å². The van der Waals surface area contributed by atoms with Gasteiger partial charge in [-0.2, -0.15) is 0 Å². The Morgan fingerprint density at radius 3 is 2.94 bits per heavy atom. The molecule has 0 saturated carbocycles. The van der Waals surface area contributed by atoms with Crippen LogP contribution in [0.5, 0.6) is 11.5 Å². The maximum Gasteiger partial charge on any atom is 0.120 e. The molecule has 3 nitrogen and oxygen atoms in total. The predicted molar refractivity (Wildman–Crippen MR) is 65.8 cm³/mol. The fourth-order valence-electron chi connectivity index (χ4n) is 1.31. The lowest BCUT2D eigenvalue weighted by Gasteiger charge is -2.11. The van der Waals surface area contributed by atoms with E-state index in [9.17, 15) is 5.11 Å². The molecule has 1 aromatic rings. The van der Waals surface area contributed by atoms with Crippen LogP contribution in [0.3, 0.4) is 0 Å². The number of nitrogens with one attached hydrogen (secondary N) is 1. The van der Waals surface area contributed by atoms with Crippen LogP contribution in [0.1, 0.15) is 19.4 Å². The average Bonchev–Trinajstić information content (AvgIpc) is 2.29. The molecule has 16 heavy (non-hydrogen) atoms. The van der Waals surface area contributed by atoms with Crippen molar-refractivity contribution >= 4 is 0 Å². The van der Waals surface area contributed by atoms with Crippen LogP contribution in [0.15, 0.2) is 30.9 Å². The van der Waals surface area contributed by atoms with Crippen molar-refractivity contribution in [2.45, 2.75) is 26.4 Å². The first kappa shape index (κ1) is 12.6. The number of phenols is 1. The van der Waals surface area contributed by atoms with Gasteiger partial charge in [-0.25, -0.2) is 0 Å². The Bertz CT molecular complexity index is 350. The summed E-state index contributed by atoms with van der Waals surface area (Å²) >= 11 is 0. The smallest absolute Gasteiger partial charge is 0.120 e. The zero-order chi connectivity index (χ0) is 12.0. The van der Waals surface area contributed by atoms with Crippen molar-refractivity contribution in [2.75, 3.05) is 6.61 Å². The fourth-order valence-corrected chi connectivity index (χ4v) is 1.31. The van der Waals surface area contributed by atoms with E-state index in [2.05, 4.69) is 11.9 Å². The highest BCUT2D eigenvalue weighted by molar-refractivity contribution is 5.39. The van der Waals surface area contributed by atoms with E-state index in [4.69, 9.17) is 4.74 Å². The molecular formula is C13H19NO2. The lowest BCUT2D eigenvalue weighted by Crippen LogP contribution is -2.22. The van der Waals surface area contributed by atoms with E-state index in [1.54, 1.807) is 12.1 Å². The van der Waals surface area contributed by atoms with Crippen LogP contribution in [-0.2, 0) is 6.54 Å². The van der Waals surface area contributed by atoms with Crippen LogP contribution < -0.4 is 10.1 Å². The van der Waals surface area contributed by atoms with Crippen LogP contribution in [0.4, 0.5) is 0 Å². The van der Waals surface area contributed by atoms with Gasteiger partial charge in [-0.3, -0.25) is 0 Å². The molecule has 2 N–H and O–H groups in total. The van der Waals surface area contributed by atoms with E-state index >= 15 is 0 Å². The van der Waals surface area contributed by atoms with Gasteiger partial charge < -0.3 is 15.2 Å². The molecule has 0 spiro atoms. The molecule has 88 valence electrons. The third-order valence-corrected chi connectivity index (χ3v) is 2.33. The number of hydrogen-bond donors (Lipinski definition) is 2. The Balaban J connectivity index is 2.69. The molecule has 0 fully saturated rings. The van der Waals surface area contributed by atoms with Crippen molar-refractivity contribution in [2.24, 2.45) is 0 Å². The summed E-state index contributed by atoms with van der Waals surface area (Å²) in [5.41, 5.74) is 0.833. The standard InChI is InChI=1S/C13H19NO2/c1-4-10(3)14-9-11-8-12(16-5-2)6-7-13(11)15/h4,6-8,10,14-15H,1,5,9H2,2-3H3. The molecule has 0 aliphatic carbocycles. The third kappa shape index (κ3) is 3.59. The first-order valence-corrected chi connectivity index (χ1v) is 5.48. The summed E-state index contributed by atoms with van der Waals surface area (Å²) in [6, 6.07) is 5.48. The molecular weight excluding hydrogens is 202 g/mol. The van der Waals surface area contributed by atoms with E-state index in [-0.39, 0.29) is 11.8 Å². The van der Waals surface area contributed by atoms with Gasteiger partial charge in [0.1, 0.15) is 11.5 Å². The van der Waals surface area contributed by atoms with Gasteiger partial charge in [0.15, 0.2) is 0 Å². The van der Waals surface area contributed by atoms with Gasteiger partial charge in [-0.1, -0.05) is 6.08 Å².